The minimum atomic E-state index is -0.997. The Morgan fingerprint density at radius 3 is 2.82 bits per heavy atom. The third-order valence-corrected chi connectivity index (χ3v) is 2.21. The topological polar surface area (TPSA) is 49.3 Å². The third-order valence-electron chi connectivity index (χ3n) is 2.21. The van der Waals surface area contributed by atoms with Crippen molar-refractivity contribution < 1.29 is 18.7 Å². The van der Waals surface area contributed by atoms with Crippen LogP contribution in [0.15, 0.2) is 29.8 Å². The molecule has 1 aromatic carbocycles. The van der Waals surface area contributed by atoms with Gasteiger partial charge in [0.2, 0.25) is 0 Å². The largest absolute Gasteiger partial charge is 0.478 e. The molecule has 0 spiro atoms. The molecule has 5 heteroatoms. The zero-order chi connectivity index (χ0) is 12.8. The van der Waals surface area contributed by atoms with E-state index in [1.54, 1.807) is 0 Å². The minimum absolute atomic E-state index is 0.146. The summed E-state index contributed by atoms with van der Waals surface area (Å²) in [6.45, 7) is 1.90. The van der Waals surface area contributed by atoms with E-state index >= 15 is 0 Å². The van der Waals surface area contributed by atoms with Gasteiger partial charge in [0.05, 0.1) is 0 Å². The summed E-state index contributed by atoms with van der Waals surface area (Å²) in [6, 6.07) is 3.22. The Labute approximate surface area is 97.8 Å². The lowest BCUT2D eigenvalue weighted by Crippen LogP contribution is -2.15. The van der Waals surface area contributed by atoms with Crippen LogP contribution in [0.5, 0.6) is 0 Å². The van der Waals surface area contributed by atoms with Crippen LogP contribution in [0.1, 0.15) is 12.5 Å². The highest BCUT2D eigenvalue weighted by atomic mass is 19.1. The summed E-state index contributed by atoms with van der Waals surface area (Å²) in [5.41, 5.74) is 0.420. The fourth-order valence-corrected chi connectivity index (χ4v) is 1.20. The highest BCUT2D eigenvalue weighted by molar-refractivity contribution is 5.85. The van der Waals surface area contributed by atoms with E-state index in [0.29, 0.717) is 0 Å². The second kappa shape index (κ2) is 6.10. The van der Waals surface area contributed by atoms with E-state index in [4.69, 9.17) is 5.11 Å². The predicted molar refractivity (Wildman–Crippen MR) is 59.5 cm³/mol. The first-order valence-corrected chi connectivity index (χ1v) is 5.05. The second-order valence-corrected chi connectivity index (χ2v) is 3.56. The van der Waals surface area contributed by atoms with Crippen molar-refractivity contribution in [2.45, 2.75) is 13.5 Å². The van der Waals surface area contributed by atoms with E-state index in [2.05, 4.69) is 5.32 Å². The summed E-state index contributed by atoms with van der Waals surface area (Å²) in [4.78, 5) is 10.5. The molecular formula is C12H13F2NO2. The van der Waals surface area contributed by atoms with Crippen molar-refractivity contribution in [3.63, 3.8) is 0 Å². The van der Waals surface area contributed by atoms with Gasteiger partial charge in [0.15, 0.2) is 0 Å². The van der Waals surface area contributed by atoms with Crippen molar-refractivity contribution in [1.82, 2.24) is 5.32 Å². The number of hydrogen-bond donors (Lipinski definition) is 2. The summed E-state index contributed by atoms with van der Waals surface area (Å²) in [7, 11) is 0. The van der Waals surface area contributed by atoms with Crippen LogP contribution in [0, 0.1) is 11.6 Å². The average molecular weight is 241 g/mol. The minimum Gasteiger partial charge on any atom is -0.478 e. The third kappa shape index (κ3) is 4.32. The molecule has 1 aromatic rings. The van der Waals surface area contributed by atoms with Gasteiger partial charge in [-0.05, 0) is 25.1 Å². The molecule has 0 heterocycles. The summed E-state index contributed by atoms with van der Waals surface area (Å²) < 4.78 is 26.0. The molecule has 3 nitrogen and oxygen atoms in total. The Morgan fingerprint density at radius 2 is 2.18 bits per heavy atom. The molecule has 1 rings (SSSR count). The van der Waals surface area contributed by atoms with Crippen LogP contribution in [0.4, 0.5) is 8.78 Å². The van der Waals surface area contributed by atoms with Crippen LogP contribution in [-0.2, 0) is 11.3 Å². The molecule has 0 aliphatic carbocycles. The van der Waals surface area contributed by atoms with Crippen molar-refractivity contribution in [2.75, 3.05) is 6.54 Å². The van der Waals surface area contributed by atoms with Crippen molar-refractivity contribution in [1.29, 1.82) is 0 Å². The van der Waals surface area contributed by atoms with Gasteiger partial charge in [0, 0.05) is 24.2 Å². The van der Waals surface area contributed by atoms with E-state index in [0.717, 1.165) is 18.2 Å². The quantitative estimate of drug-likeness (QED) is 0.613. The van der Waals surface area contributed by atoms with E-state index in [1.165, 1.54) is 13.0 Å². The van der Waals surface area contributed by atoms with Crippen molar-refractivity contribution >= 4 is 5.97 Å². The Bertz CT molecular complexity index is 444. The van der Waals surface area contributed by atoms with Gasteiger partial charge in [-0.25, -0.2) is 13.6 Å². The Morgan fingerprint density at radius 1 is 1.47 bits per heavy atom. The summed E-state index contributed by atoms with van der Waals surface area (Å²) >= 11 is 0. The zero-order valence-electron chi connectivity index (χ0n) is 9.34. The van der Waals surface area contributed by atoms with Gasteiger partial charge in [-0.2, -0.15) is 0 Å². The highest BCUT2D eigenvalue weighted by Crippen LogP contribution is 2.08. The van der Waals surface area contributed by atoms with Gasteiger partial charge in [0.25, 0.3) is 0 Å². The van der Waals surface area contributed by atoms with Crippen LogP contribution in [0.25, 0.3) is 0 Å². The Hall–Kier alpha value is -1.75. The summed E-state index contributed by atoms with van der Waals surface area (Å²) in [6.07, 6.45) is 1.47. The number of aliphatic carboxylic acids is 1. The molecule has 2 N–H and O–H groups in total. The van der Waals surface area contributed by atoms with Gasteiger partial charge in [-0.3, -0.25) is 0 Å². The molecule has 0 bridgehead atoms. The lowest BCUT2D eigenvalue weighted by Gasteiger charge is -2.04. The van der Waals surface area contributed by atoms with Gasteiger partial charge in [-0.1, -0.05) is 6.08 Å². The molecule has 17 heavy (non-hydrogen) atoms. The fourth-order valence-electron chi connectivity index (χ4n) is 1.20. The van der Waals surface area contributed by atoms with Crippen LogP contribution in [0.2, 0.25) is 0 Å². The molecule has 92 valence electrons. The molecule has 0 saturated heterocycles. The van der Waals surface area contributed by atoms with Crippen LogP contribution >= 0.6 is 0 Å². The number of carbonyl (C=O) groups is 1. The number of nitrogens with one attached hydrogen (secondary N) is 1. The maximum absolute atomic E-state index is 13.2. The van der Waals surface area contributed by atoms with Gasteiger partial charge in [0.1, 0.15) is 11.6 Å². The molecule has 0 saturated carbocycles. The number of carboxylic acid groups (broad SMARTS) is 1. The van der Waals surface area contributed by atoms with Crippen LogP contribution in [0.3, 0.4) is 0 Å². The zero-order valence-corrected chi connectivity index (χ0v) is 9.34. The van der Waals surface area contributed by atoms with Gasteiger partial charge < -0.3 is 10.4 Å². The maximum atomic E-state index is 13.2. The average Bonchev–Trinajstić information content (AvgIpc) is 2.28. The highest BCUT2D eigenvalue weighted by Gasteiger charge is 2.03. The molecule has 0 aliphatic rings. The van der Waals surface area contributed by atoms with E-state index in [-0.39, 0.29) is 24.2 Å². The van der Waals surface area contributed by atoms with Crippen molar-refractivity contribution in [3.8, 4) is 0 Å². The lowest BCUT2D eigenvalue weighted by atomic mass is 10.2. The van der Waals surface area contributed by atoms with Crippen molar-refractivity contribution in [3.05, 3.63) is 47.0 Å². The molecule has 0 aliphatic heterocycles. The molecule has 0 fully saturated rings. The van der Waals surface area contributed by atoms with Crippen LogP contribution in [-0.4, -0.2) is 17.6 Å². The van der Waals surface area contributed by atoms with Crippen molar-refractivity contribution in [2.24, 2.45) is 0 Å². The number of rotatable bonds is 5. The second-order valence-electron chi connectivity index (χ2n) is 3.56. The predicted octanol–water partition coefficient (Wildman–Crippen LogP) is 2.09. The monoisotopic (exact) mass is 241 g/mol. The SMILES string of the molecule is C/C(=C/CNCc1cc(F)ccc1F)C(=O)O. The molecule has 0 aromatic heterocycles. The molecule has 0 unspecified atom stereocenters. The van der Waals surface area contributed by atoms with E-state index in [1.807, 2.05) is 0 Å². The maximum Gasteiger partial charge on any atom is 0.330 e. The number of halogens is 2. The summed E-state index contributed by atoms with van der Waals surface area (Å²) in [5, 5.41) is 11.4. The molecule has 0 amide bonds. The Kier molecular flexibility index (Phi) is 4.78. The number of benzene rings is 1. The van der Waals surface area contributed by atoms with E-state index < -0.39 is 17.6 Å². The molecular weight excluding hydrogens is 228 g/mol. The van der Waals surface area contributed by atoms with Crippen LogP contribution < -0.4 is 5.32 Å². The molecule has 0 atom stereocenters. The molecule has 0 radical (unpaired) electrons. The number of hydrogen-bond acceptors (Lipinski definition) is 2. The summed E-state index contributed by atoms with van der Waals surface area (Å²) in [5.74, 6) is -1.98. The fraction of sp³-hybridized carbons (Fsp3) is 0.250. The first-order chi connectivity index (χ1) is 8.00. The smallest absolute Gasteiger partial charge is 0.330 e. The normalized spacial score (nSPS) is 11.6. The Balaban J connectivity index is 2.49. The standard InChI is InChI=1S/C12H13F2NO2/c1-8(12(16)17)4-5-15-7-9-6-10(13)2-3-11(9)14/h2-4,6,15H,5,7H2,1H3,(H,16,17)/b8-4-. The lowest BCUT2D eigenvalue weighted by molar-refractivity contribution is -0.132. The first kappa shape index (κ1) is 13.3. The first-order valence-electron chi connectivity index (χ1n) is 5.05. The number of carboxylic acids is 1. The van der Waals surface area contributed by atoms with Gasteiger partial charge in [-0.15, -0.1) is 0 Å². The van der Waals surface area contributed by atoms with E-state index in [9.17, 15) is 13.6 Å². The van der Waals surface area contributed by atoms with Gasteiger partial charge >= 0.3 is 5.97 Å².